The van der Waals surface area contributed by atoms with Crippen LogP contribution in [-0.2, 0) is 0 Å². The van der Waals surface area contributed by atoms with E-state index in [4.69, 9.17) is 8.83 Å². The highest BCUT2D eigenvalue weighted by Crippen LogP contribution is 2.49. The summed E-state index contributed by atoms with van der Waals surface area (Å²) in [6, 6.07) is 132. The highest BCUT2D eigenvalue weighted by Gasteiger charge is 2.24. The van der Waals surface area contributed by atoms with E-state index < -0.39 is 0 Å². The van der Waals surface area contributed by atoms with E-state index in [2.05, 4.69) is 368 Å². The monoisotopic (exact) mass is 1250 g/mol. The van der Waals surface area contributed by atoms with Gasteiger partial charge in [0, 0.05) is 61.3 Å². The van der Waals surface area contributed by atoms with E-state index in [9.17, 15) is 0 Å². The van der Waals surface area contributed by atoms with E-state index in [1.54, 1.807) is 0 Å². The molecule has 0 aliphatic rings. The van der Waals surface area contributed by atoms with Gasteiger partial charge in [0.1, 0.15) is 22.3 Å². The third-order valence-electron chi connectivity index (χ3n) is 19.8. The minimum atomic E-state index is 0.819. The molecule has 0 aliphatic carbocycles. The molecule has 98 heavy (non-hydrogen) atoms. The zero-order valence-corrected chi connectivity index (χ0v) is 53.4. The average molecular weight is 1250 g/mol. The van der Waals surface area contributed by atoms with Crippen molar-refractivity contribution in [3.05, 3.63) is 364 Å². The van der Waals surface area contributed by atoms with Crippen molar-refractivity contribution >= 4 is 121 Å². The fourth-order valence-corrected chi connectivity index (χ4v) is 15.1. The van der Waals surface area contributed by atoms with Crippen LogP contribution in [-0.4, -0.2) is 0 Å². The molecular formula is C94H60N2O2. The maximum absolute atomic E-state index is 7.13. The summed E-state index contributed by atoms with van der Waals surface area (Å²) in [4.78, 5) is 4.81. The molecule has 0 saturated carbocycles. The van der Waals surface area contributed by atoms with Gasteiger partial charge in [0.15, 0.2) is 0 Å². The Morgan fingerprint density at radius 2 is 0.541 bits per heavy atom. The molecule has 0 aliphatic heterocycles. The minimum Gasteiger partial charge on any atom is -0.456 e. The number of fused-ring (bicyclic) bond motifs is 13. The molecule has 0 bridgehead atoms. The lowest BCUT2D eigenvalue weighted by molar-refractivity contribution is 0.668. The SMILES string of the molecule is c1ccc(-c2ccc(N(c3ccc(-c4cc5oc6ccccc6c5cc4-c4ccccc4)cc3)c3ccc4c5ccccc5c5cc(-c6ccc7c(c6)oc6cc(N(c8ccc(-c9ccccc9)cc8)c8cccc9ccccc89)c(-c8ccccc8)cc67)ccc5c4c3)cc2)cc1. The summed E-state index contributed by atoms with van der Waals surface area (Å²) in [5, 5.41) is 13.9. The Hall–Kier alpha value is -13.0. The predicted octanol–water partition coefficient (Wildman–Crippen LogP) is 27.0. The zero-order valence-electron chi connectivity index (χ0n) is 53.4. The van der Waals surface area contributed by atoms with E-state index in [1.807, 2.05) is 6.07 Å². The molecule has 0 radical (unpaired) electrons. The fourth-order valence-electron chi connectivity index (χ4n) is 15.1. The Morgan fingerprint density at radius 1 is 0.163 bits per heavy atom. The molecule has 2 heterocycles. The van der Waals surface area contributed by atoms with Crippen molar-refractivity contribution in [1.29, 1.82) is 0 Å². The number of furan rings is 2. The minimum absolute atomic E-state index is 0.819. The lowest BCUT2D eigenvalue weighted by Gasteiger charge is -2.29. The maximum atomic E-state index is 7.13. The Kier molecular flexibility index (Phi) is 13.5. The molecular weight excluding hydrogens is 1190 g/mol. The molecule has 0 unspecified atom stereocenters. The number of benzene rings is 17. The fraction of sp³-hybridized carbons (Fsp3) is 0. The van der Waals surface area contributed by atoms with Gasteiger partial charge in [0.25, 0.3) is 0 Å². The lowest BCUT2D eigenvalue weighted by Crippen LogP contribution is -2.12. The molecule has 17 aromatic carbocycles. The molecule has 0 amide bonds. The van der Waals surface area contributed by atoms with Crippen LogP contribution in [0.5, 0.6) is 0 Å². The Morgan fingerprint density at radius 3 is 1.19 bits per heavy atom. The molecule has 2 aromatic heterocycles. The summed E-state index contributed by atoms with van der Waals surface area (Å²) in [5.74, 6) is 0. The van der Waals surface area contributed by atoms with E-state index in [0.29, 0.717) is 0 Å². The van der Waals surface area contributed by atoms with Crippen molar-refractivity contribution in [3.63, 3.8) is 0 Å². The van der Waals surface area contributed by atoms with Crippen molar-refractivity contribution in [2.24, 2.45) is 0 Å². The van der Waals surface area contributed by atoms with E-state index in [0.717, 1.165) is 139 Å². The van der Waals surface area contributed by atoms with Crippen LogP contribution in [0.15, 0.2) is 373 Å². The molecule has 458 valence electrons. The van der Waals surface area contributed by atoms with Gasteiger partial charge < -0.3 is 18.6 Å². The summed E-state index contributed by atoms with van der Waals surface area (Å²) in [7, 11) is 0. The third-order valence-corrected chi connectivity index (χ3v) is 19.8. The van der Waals surface area contributed by atoms with Gasteiger partial charge in [-0.3, -0.25) is 0 Å². The van der Waals surface area contributed by atoms with Crippen LogP contribution in [0.2, 0.25) is 0 Å². The largest absolute Gasteiger partial charge is 0.456 e. The first kappa shape index (κ1) is 56.5. The van der Waals surface area contributed by atoms with Gasteiger partial charge in [0.2, 0.25) is 0 Å². The van der Waals surface area contributed by atoms with Crippen LogP contribution in [0.25, 0.3) is 154 Å². The molecule has 19 rings (SSSR count). The van der Waals surface area contributed by atoms with Crippen LogP contribution < -0.4 is 9.80 Å². The topological polar surface area (TPSA) is 32.8 Å². The molecule has 0 atom stereocenters. The Bertz CT molecular complexity index is 6250. The molecule has 0 spiro atoms. The standard InChI is InChI=1S/C94H60N2O2/c1-5-20-61(21-6-1)63-36-44-71(45-37-63)95(72-48-40-68(41-49-72)83-59-93-87(80-33-17-18-35-91(80)97-93)57-82(83)66-24-9-3-10-25-66)74-50-53-78-76-31-15-16-32-77(76)85-54-69(42-51-79(85)86(78)56-74)70-43-52-81-88-58-84(67-26-11-4-12-27-67)90(60-94(88)98-92(81)55-70)96(89-34-19-29-65-28-13-14-30-75(65)89)73-46-38-64(39-47-73)62-22-7-2-8-23-62/h1-60H. The van der Waals surface area contributed by atoms with E-state index in [-0.39, 0.29) is 0 Å². The van der Waals surface area contributed by atoms with Crippen LogP contribution in [0.1, 0.15) is 0 Å². The van der Waals surface area contributed by atoms with Crippen LogP contribution in [0.3, 0.4) is 0 Å². The normalized spacial score (nSPS) is 11.7. The predicted molar refractivity (Wildman–Crippen MR) is 413 cm³/mol. The quantitative estimate of drug-likeness (QED) is 0.114. The number of hydrogen-bond acceptors (Lipinski definition) is 4. The van der Waals surface area contributed by atoms with Crippen molar-refractivity contribution in [2.45, 2.75) is 0 Å². The van der Waals surface area contributed by atoms with E-state index >= 15 is 0 Å². The van der Waals surface area contributed by atoms with Crippen LogP contribution in [0.4, 0.5) is 34.1 Å². The van der Waals surface area contributed by atoms with Gasteiger partial charge in [-0.2, -0.15) is 0 Å². The first-order valence-electron chi connectivity index (χ1n) is 33.5. The number of hydrogen-bond donors (Lipinski definition) is 0. The first-order valence-corrected chi connectivity index (χ1v) is 33.5. The summed E-state index contributed by atoms with van der Waals surface area (Å²) in [5.41, 5.74) is 23.4. The molecule has 19 aromatic rings. The lowest BCUT2D eigenvalue weighted by atomic mass is 9.91. The number of rotatable bonds is 12. The second kappa shape index (κ2) is 23.5. The summed E-state index contributed by atoms with van der Waals surface area (Å²) in [6.07, 6.45) is 0. The zero-order chi connectivity index (χ0) is 64.6. The summed E-state index contributed by atoms with van der Waals surface area (Å²) < 4.78 is 13.7. The average Bonchev–Trinajstić information content (AvgIpc) is 0.991. The second-order valence-corrected chi connectivity index (χ2v) is 25.5. The molecule has 0 N–H and O–H groups in total. The molecule has 0 saturated heterocycles. The number of para-hydroxylation sites is 1. The van der Waals surface area contributed by atoms with E-state index in [1.165, 1.54) is 48.8 Å². The maximum Gasteiger partial charge on any atom is 0.137 e. The molecule has 0 fully saturated rings. The van der Waals surface area contributed by atoms with Gasteiger partial charge in [-0.05, 0) is 196 Å². The number of anilines is 6. The van der Waals surface area contributed by atoms with Crippen molar-refractivity contribution in [1.82, 2.24) is 0 Å². The van der Waals surface area contributed by atoms with Gasteiger partial charge in [0.05, 0.1) is 11.4 Å². The first-order chi connectivity index (χ1) is 48.6. The number of nitrogens with zero attached hydrogens (tertiary/aromatic N) is 2. The van der Waals surface area contributed by atoms with Gasteiger partial charge in [-0.25, -0.2) is 0 Å². The molecule has 4 heteroatoms. The highest BCUT2D eigenvalue weighted by atomic mass is 16.3. The Balaban J connectivity index is 0.733. The van der Waals surface area contributed by atoms with Gasteiger partial charge >= 0.3 is 0 Å². The van der Waals surface area contributed by atoms with Crippen molar-refractivity contribution in [3.8, 4) is 66.8 Å². The van der Waals surface area contributed by atoms with Gasteiger partial charge in [-0.1, -0.05) is 261 Å². The second-order valence-electron chi connectivity index (χ2n) is 25.5. The van der Waals surface area contributed by atoms with Crippen LogP contribution >= 0.6 is 0 Å². The smallest absolute Gasteiger partial charge is 0.137 e. The summed E-state index contributed by atoms with van der Waals surface area (Å²) in [6.45, 7) is 0. The highest BCUT2D eigenvalue weighted by molar-refractivity contribution is 6.26. The van der Waals surface area contributed by atoms with Crippen molar-refractivity contribution < 1.29 is 8.83 Å². The molecule has 4 nitrogen and oxygen atoms in total. The van der Waals surface area contributed by atoms with Crippen molar-refractivity contribution in [2.75, 3.05) is 9.80 Å². The Labute approximate surface area is 567 Å². The van der Waals surface area contributed by atoms with Crippen LogP contribution in [0, 0.1) is 0 Å². The van der Waals surface area contributed by atoms with Gasteiger partial charge in [-0.15, -0.1) is 0 Å². The summed E-state index contributed by atoms with van der Waals surface area (Å²) >= 11 is 0. The third kappa shape index (κ3) is 9.76.